The van der Waals surface area contributed by atoms with Gasteiger partial charge in [-0.3, -0.25) is 9.59 Å². The van der Waals surface area contributed by atoms with E-state index in [1.165, 1.54) is 16.2 Å². The van der Waals surface area contributed by atoms with E-state index in [4.69, 9.17) is 0 Å². The van der Waals surface area contributed by atoms with Gasteiger partial charge in [-0.1, -0.05) is 17.4 Å². The molecule has 2 heterocycles. The molecule has 0 N–H and O–H groups in total. The number of imide groups is 1. The predicted molar refractivity (Wildman–Crippen MR) is 84.7 cm³/mol. The summed E-state index contributed by atoms with van der Waals surface area (Å²) in [4.78, 5) is 31.5. The summed E-state index contributed by atoms with van der Waals surface area (Å²) < 4.78 is 1.04. The van der Waals surface area contributed by atoms with Crippen LogP contribution in [-0.4, -0.2) is 16.8 Å². The molecule has 112 valence electrons. The summed E-state index contributed by atoms with van der Waals surface area (Å²) in [5, 5.41) is 0.560. The normalized spacial score (nSPS) is 33.2. The molecule has 3 fully saturated rings. The smallest absolute Gasteiger partial charge is 0.239 e. The van der Waals surface area contributed by atoms with Gasteiger partial charge in [-0.15, -0.1) is 0 Å². The van der Waals surface area contributed by atoms with Gasteiger partial charge in [0.15, 0.2) is 5.13 Å². The van der Waals surface area contributed by atoms with Gasteiger partial charge in [-0.2, -0.15) is 0 Å². The molecule has 2 unspecified atom stereocenters. The third-order valence-electron chi connectivity index (χ3n) is 5.65. The van der Waals surface area contributed by atoms with E-state index in [0.29, 0.717) is 17.0 Å². The fourth-order valence-electron chi connectivity index (χ4n) is 4.71. The Kier molecular flexibility index (Phi) is 2.41. The summed E-state index contributed by atoms with van der Waals surface area (Å²) in [5.74, 6) is 0.706. The van der Waals surface area contributed by atoms with E-state index in [0.717, 1.165) is 35.0 Å². The van der Waals surface area contributed by atoms with Crippen LogP contribution in [0.1, 0.15) is 24.8 Å². The van der Waals surface area contributed by atoms with Gasteiger partial charge in [0.2, 0.25) is 11.8 Å². The van der Waals surface area contributed by atoms with Crippen molar-refractivity contribution in [2.24, 2.45) is 23.7 Å². The van der Waals surface area contributed by atoms with E-state index in [2.05, 4.69) is 11.1 Å². The van der Waals surface area contributed by atoms with Gasteiger partial charge >= 0.3 is 0 Å². The maximum atomic E-state index is 12.8. The van der Waals surface area contributed by atoms with Gasteiger partial charge in [-0.05, 0) is 55.7 Å². The van der Waals surface area contributed by atoms with Crippen molar-refractivity contribution >= 4 is 38.5 Å². The summed E-state index contributed by atoms with van der Waals surface area (Å²) in [5.41, 5.74) is 2.03. The molecule has 3 aliphatic rings. The molecule has 2 aromatic rings. The standard InChI is InChI=1S/C17H16N2O2S/c1-8-2-5-11-12(6-8)22-17(18-11)19-15(20)13-9-3-4-10(7-9)14(13)16(19)21/h2,5-6,9-10,13-14H,3-4,7H2,1H3/t9?,10?,13-,14+. The van der Waals surface area contributed by atoms with Crippen LogP contribution in [0.15, 0.2) is 18.2 Å². The molecule has 1 aromatic heterocycles. The quantitative estimate of drug-likeness (QED) is 0.760. The summed E-state index contributed by atoms with van der Waals surface area (Å²) in [7, 11) is 0. The summed E-state index contributed by atoms with van der Waals surface area (Å²) in [6.07, 6.45) is 3.29. The highest BCUT2D eigenvalue weighted by atomic mass is 32.1. The number of benzene rings is 1. The lowest BCUT2D eigenvalue weighted by molar-refractivity contribution is -0.123. The van der Waals surface area contributed by atoms with Crippen molar-refractivity contribution in [1.29, 1.82) is 0 Å². The molecule has 4 atom stereocenters. The molecule has 2 aliphatic carbocycles. The van der Waals surface area contributed by atoms with Crippen molar-refractivity contribution in [3.63, 3.8) is 0 Å². The molecule has 22 heavy (non-hydrogen) atoms. The van der Waals surface area contributed by atoms with Crippen LogP contribution in [0.2, 0.25) is 0 Å². The SMILES string of the molecule is Cc1ccc2nc(N3C(=O)[C@@H]4C5CCC(C5)[C@@H]4C3=O)sc2c1. The van der Waals surface area contributed by atoms with Crippen LogP contribution in [0.5, 0.6) is 0 Å². The van der Waals surface area contributed by atoms with Crippen molar-refractivity contribution in [1.82, 2.24) is 4.98 Å². The van der Waals surface area contributed by atoms with Gasteiger partial charge in [-0.25, -0.2) is 9.88 Å². The van der Waals surface area contributed by atoms with E-state index in [9.17, 15) is 9.59 Å². The molecule has 0 radical (unpaired) electrons. The third-order valence-corrected chi connectivity index (χ3v) is 6.65. The number of hydrogen-bond acceptors (Lipinski definition) is 4. The minimum Gasteiger partial charge on any atom is -0.274 e. The number of aromatic nitrogens is 1. The highest BCUT2D eigenvalue weighted by Gasteiger charge is 2.61. The second-order valence-corrected chi connectivity index (χ2v) is 7.87. The molecule has 2 bridgehead atoms. The first-order valence-corrected chi connectivity index (χ1v) is 8.70. The van der Waals surface area contributed by atoms with Crippen LogP contribution >= 0.6 is 11.3 Å². The second kappa shape index (κ2) is 4.16. The lowest BCUT2D eigenvalue weighted by Gasteiger charge is -2.19. The Morgan fingerprint density at radius 2 is 1.82 bits per heavy atom. The Bertz CT molecular complexity index is 799. The Hall–Kier alpha value is -1.75. The minimum absolute atomic E-state index is 0.00187. The highest BCUT2D eigenvalue weighted by molar-refractivity contribution is 7.22. The van der Waals surface area contributed by atoms with Crippen LogP contribution in [0.4, 0.5) is 5.13 Å². The number of fused-ring (bicyclic) bond motifs is 6. The molecular formula is C17H16N2O2S. The number of rotatable bonds is 1. The minimum atomic E-state index is -0.0694. The lowest BCUT2D eigenvalue weighted by Crippen LogP contribution is -2.32. The van der Waals surface area contributed by atoms with Gasteiger partial charge in [0, 0.05) is 0 Å². The van der Waals surface area contributed by atoms with Crippen molar-refractivity contribution in [2.75, 3.05) is 4.90 Å². The molecule has 2 amide bonds. The van der Waals surface area contributed by atoms with E-state index < -0.39 is 0 Å². The molecule has 0 spiro atoms. The zero-order valence-corrected chi connectivity index (χ0v) is 13.1. The molecule has 4 nitrogen and oxygen atoms in total. The number of carbonyl (C=O) groups is 2. The number of aryl methyl sites for hydroxylation is 1. The lowest BCUT2D eigenvalue weighted by atomic mass is 9.81. The van der Waals surface area contributed by atoms with E-state index >= 15 is 0 Å². The van der Waals surface area contributed by atoms with Crippen LogP contribution in [-0.2, 0) is 9.59 Å². The third kappa shape index (κ3) is 1.50. The largest absolute Gasteiger partial charge is 0.274 e. The zero-order valence-electron chi connectivity index (χ0n) is 12.3. The number of nitrogens with zero attached hydrogens (tertiary/aromatic N) is 2. The average molecular weight is 312 g/mol. The fraction of sp³-hybridized carbons (Fsp3) is 0.471. The predicted octanol–water partition coefficient (Wildman–Crippen LogP) is 3.14. The Morgan fingerprint density at radius 1 is 1.14 bits per heavy atom. The zero-order chi connectivity index (χ0) is 15.0. The molecular weight excluding hydrogens is 296 g/mol. The monoisotopic (exact) mass is 312 g/mol. The Balaban J connectivity index is 1.59. The molecule has 1 saturated heterocycles. The van der Waals surface area contributed by atoms with Crippen LogP contribution in [0.25, 0.3) is 10.2 Å². The van der Waals surface area contributed by atoms with E-state index in [1.54, 1.807) is 0 Å². The average Bonchev–Trinajstić information content (AvgIpc) is 3.21. The van der Waals surface area contributed by atoms with Crippen LogP contribution in [0.3, 0.4) is 0 Å². The second-order valence-electron chi connectivity index (χ2n) is 6.86. The number of thiazole rings is 1. The van der Waals surface area contributed by atoms with Crippen molar-refractivity contribution in [3.8, 4) is 0 Å². The summed E-state index contributed by atoms with van der Waals surface area (Å²) in [6, 6.07) is 6.03. The topological polar surface area (TPSA) is 50.3 Å². The molecule has 5 heteroatoms. The number of carbonyl (C=O) groups excluding carboxylic acids is 2. The molecule has 2 saturated carbocycles. The van der Waals surface area contributed by atoms with Crippen molar-refractivity contribution < 1.29 is 9.59 Å². The number of hydrogen-bond donors (Lipinski definition) is 0. The van der Waals surface area contributed by atoms with Crippen LogP contribution in [0, 0.1) is 30.6 Å². The summed E-state index contributed by atoms with van der Waals surface area (Å²) in [6.45, 7) is 2.03. The van der Waals surface area contributed by atoms with Crippen molar-refractivity contribution in [2.45, 2.75) is 26.2 Å². The van der Waals surface area contributed by atoms with E-state index in [-0.39, 0.29) is 23.7 Å². The maximum Gasteiger partial charge on any atom is 0.239 e. The Labute approximate surface area is 132 Å². The van der Waals surface area contributed by atoms with Gasteiger partial charge in [0.1, 0.15) is 0 Å². The summed E-state index contributed by atoms with van der Waals surface area (Å²) >= 11 is 1.45. The van der Waals surface area contributed by atoms with Gasteiger partial charge in [0.05, 0.1) is 22.1 Å². The van der Waals surface area contributed by atoms with Gasteiger partial charge in [0.25, 0.3) is 0 Å². The number of anilines is 1. The highest BCUT2D eigenvalue weighted by Crippen LogP contribution is 2.56. The fourth-order valence-corrected chi connectivity index (χ4v) is 5.79. The first-order valence-electron chi connectivity index (χ1n) is 7.88. The first-order chi connectivity index (χ1) is 10.6. The number of amides is 2. The maximum absolute atomic E-state index is 12.8. The first kappa shape index (κ1) is 12.8. The Morgan fingerprint density at radius 3 is 2.50 bits per heavy atom. The van der Waals surface area contributed by atoms with Gasteiger partial charge < -0.3 is 0 Å². The van der Waals surface area contributed by atoms with Crippen LogP contribution < -0.4 is 4.90 Å². The van der Waals surface area contributed by atoms with E-state index in [1.807, 2.05) is 19.1 Å². The molecule has 1 aromatic carbocycles. The van der Waals surface area contributed by atoms with Crippen molar-refractivity contribution in [3.05, 3.63) is 23.8 Å². The molecule has 5 rings (SSSR count). The molecule has 1 aliphatic heterocycles.